The highest BCUT2D eigenvalue weighted by Crippen LogP contribution is 2.21. The molecule has 1 amide bonds. The fraction of sp³-hybridized carbons (Fsp3) is 0. The van der Waals surface area contributed by atoms with E-state index in [4.69, 9.17) is 0 Å². The number of fused-ring (bicyclic) bond motifs is 1. The Balaban J connectivity index is 1.92. The molecule has 21 heavy (non-hydrogen) atoms. The highest BCUT2D eigenvalue weighted by Gasteiger charge is 2.15. The molecule has 0 aliphatic heterocycles. The van der Waals surface area contributed by atoms with Gasteiger partial charge in [-0.25, -0.2) is 18.2 Å². The van der Waals surface area contributed by atoms with Crippen LogP contribution in [-0.2, 0) is 0 Å². The second-order valence-electron chi connectivity index (χ2n) is 4.33. The molecule has 0 spiro atoms. The molecule has 1 heterocycles. The number of hydrogen-bond acceptors (Lipinski definition) is 2. The number of aromatic nitrogens is 2. The van der Waals surface area contributed by atoms with Crippen molar-refractivity contribution in [3.63, 3.8) is 0 Å². The van der Waals surface area contributed by atoms with Gasteiger partial charge in [-0.15, -0.1) is 0 Å². The molecule has 3 aromatic rings. The van der Waals surface area contributed by atoms with Crippen LogP contribution in [0, 0.1) is 17.5 Å². The van der Waals surface area contributed by atoms with E-state index in [0.717, 1.165) is 0 Å². The zero-order valence-electron chi connectivity index (χ0n) is 10.5. The predicted molar refractivity (Wildman–Crippen MR) is 70.4 cm³/mol. The van der Waals surface area contributed by atoms with Crippen LogP contribution in [0.5, 0.6) is 0 Å². The van der Waals surface area contributed by atoms with E-state index in [9.17, 15) is 18.0 Å². The van der Waals surface area contributed by atoms with Crippen molar-refractivity contribution >= 4 is 22.6 Å². The minimum Gasteiger partial charge on any atom is -0.345 e. The molecule has 2 N–H and O–H groups in total. The summed E-state index contributed by atoms with van der Waals surface area (Å²) in [4.78, 5) is 18.8. The Bertz CT molecular complexity index is 821. The van der Waals surface area contributed by atoms with Crippen molar-refractivity contribution in [2.45, 2.75) is 0 Å². The number of anilines is 1. The van der Waals surface area contributed by atoms with Gasteiger partial charge in [0.15, 0.2) is 11.6 Å². The van der Waals surface area contributed by atoms with Crippen LogP contribution < -0.4 is 5.32 Å². The molecule has 0 bridgehead atoms. The lowest BCUT2D eigenvalue weighted by molar-refractivity contribution is 0.102. The molecule has 4 nitrogen and oxygen atoms in total. The Morgan fingerprint density at radius 2 is 1.81 bits per heavy atom. The zero-order chi connectivity index (χ0) is 15.0. The maximum absolute atomic E-state index is 13.5. The van der Waals surface area contributed by atoms with Gasteiger partial charge in [0.2, 0.25) is 0 Å². The van der Waals surface area contributed by atoms with Gasteiger partial charge in [0.25, 0.3) is 5.91 Å². The van der Waals surface area contributed by atoms with Crippen molar-refractivity contribution in [2.24, 2.45) is 0 Å². The molecule has 1 aromatic heterocycles. The Morgan fingerprint density at radius 3 is 2.52 bits per heavy atom. The molecule has 0 aliphatic carbocycles. The number of imidazole rings is 1. The van der Waals surface area contributed by atoms with Gasteiger partial charge >= 0.3 is 0 Å². The first kappa shape index (κ1) is 13.2. The predicted octanol–water partition coefficient (Wildman–Crippen LogP) is 3.23. The standard InChI is InChI=1S/C14H8F3N3O/c15-8-4-9(16)13(10(17)5-8)20-14(21)7-1-2-11-12(3-7)19-6-18-11/h1-6H,(H,18,19)(H,20,21). The third-order valence-electron chi connectivity index (χ3n) is 2.93. The van der Waals surface area contributed by atoms with Gasteiger partial charge in [-0.2, -0.15) is 0 Å². The fourth-order valence-electron chi connectivity index (χ4n) is 1.92. The smallest absolute Gasteiger partial charge is 0.255 e. The first-order valence-electron chi connectivity index (χ1n) is 5.93. The van der Waals surface area contributed by atoms with Crippen LogP contribution in [-0.4, -0.2) is 15.9 Å². The lowest BCUT2D eigenvalue weighted by Crippen LogP contribution is -2.14. The molecule has 3 rings (SSSR count). The Hall–Kier alpha value is -2.83. The lowest BCUT2D eigenvalue weighted by Gasteiger charge is -2.08. The molecule has 0 saturated carbocycles. The Morgan fingerprint density at radius 1 is 1.10 bits per heavy atom. The van der Waals surface area contributed by atoms with Crippen LogP contribution in [0.4, 0.5) is 18.9 Å². The van der Waals surface area contributed by atoms with Crippen LogP contribution in [0.1, 0.15) is 10.4 Å². The largest absolute Gasteiger partial charge is 0.345 e. The van der Waals surface area contributed by atoms with Crippen LogP contribution in [0.3, 0.4) is 0 Å². The fourth-order valence-corrected chi connectivity index (χ4v) is 1.92. The van der Waals surface area contributed by atoms with Crippen LogP contribution in [0.2, 0.25) is 0 Å². The number of aromatic amines is 1. The molecule has 0 fully saturated rings. The number of amides is 1. The summed E-state index contributed by atoms with van der Waals surface area (Å²) in [7, 11) is 0. The van der Waals surface area contributed by atoms with Crippen LogP contribution in [0.15, 0.2) is 36.7 Å². The molecule has 0 unspecified atom stereocenters. The van der Waals surface area contributed by atoms with E-state index in [-0.39, 0.29) is 5.56 Å². The molecule has 0 aliphatic rings. The summed E-state index contributed by atoms with van der Waals surface area (Å²) in [6.07, 6.45) is 1.46. The van der Waals surface area contributed by atoms with Crippen molar-refractivity contribution in [2.75, 3.05) is 5.32 Å². The van der Waals surface area contributed by atoms with Gasteiger partial charge in [0.1, 0.15) is 11.5 Å². The lowest BCUT2D eigenvalue weighted by atomic mass is 10.2. The quantitative estimate of drug-likeness (QED) is 0.761. The summed E-state index contributed by atoms with van der Waals surface area (Å²) in [6.45, 7) is 0. The van der Waals surface area contributed by atoms with E-state index in [0.29, 0.717) is 23.2 Å². The molecular weight excluding hydrogens is 283 g/mol. The maximum atomic E-state index is 13.5. The van der Waals surface area contributed by atoms with Crippen molar-refractivity contribution in [3.8, 4) is 0 Å². The number of benzene rings is 2. The van der Waals surface area contributed by atoms with E-state index >= 15 is 0 Å². The summed E-state index contributed by atoms with van der Waals surface area (Å²) in [5.74, 6) is -4.12. The maximum Gasteiger partial charge on any atom is 0.255 e. The summed E-state index contributed by atoms with van der Waals surface area (Å²) < 4.78 is 39.8. The zero-order valence-corrected chi connectivity index (χ0v) is 10.5. The molecular formula is C14H8F3N3O. The summed E-state index contributed by atoms with van der Waals surface area (Å²) in [5.41, 5.74) is 0.773. The summed E-state index contributed by atoms with van der Waals surface area (Å²) >= 11 is 0. The normalized spacial score (nSPS) is 10.8. The van der Waals surface area contributed by atoms with Gasteiger partial charge in [-0.05, 0) is 18.2 Å². The molecule has 2 aromatic carbocycles. The van der Waals surface area contributed by atoms with E-state index in [1.54, 1.807) is 6.07 Å². The summed E-state index contributed by atoms with van der Waals surface area (Å²) in [5, 5.41) is 2.09. The van der Waals surface area contributed by atoms with Gasteiger partial charge in [-0.1, -0.05) is 0 Å². The van der Waals surface area contributed by atoms with Crippen LogP contribution in [0.25, 0.3) is 11.0 Å². The number of carbonyl (C=O) groups excluding carboxylic acids is 1. The van der Waals surface area contributed by atoms with Gasteiger partial charge in [0.05, 0.1) is 17.4 Å². The van der Waals surface area contributed by atoms with Gasteiger partial charge < -0.3 is 10.3 Å². The average molecular weight is 291 g/mol. The number of nitrogens with one attached hydrogen (secondary N) is 2. The highest BCUT2D eigenvalue weighted by atomic mass is 19.1. The topological polar surface area (TPSA) is 57.8 Å². The minimum atomic E-state index is -1.18. The number of hydrogen-bond donors (Lipinski definition) is 2. The SMILES string of the molecule is O=C(Nc1c(F)cc(F)cc1F)c1ccc2nc[nH]c2c1. The van der Waals surface area contributed by atoms with Gasteiger partial charge in [-0.3, -0.25) is 4.79 Å². The Labute approximate surface area is 116 Å². The molecule has 0 saturated heterocycles. The second kappa shape index (κ2) is 4.93. The van der Waals surface area contributed by atoms with Crippen molar-refractivity contribution in [1.82, 2.24) is 9.97 Å². The average Bonchev–Trinajstić information content (AvgIpc) is 2.89. The molecule has 0 atom stereocenters. The Kier molecular flexibility index (Phi) is 3.09. The molecule has 7 heteroatoms. The molecule has 0 radical (unpaired) electrons. The van der Waals surface area contributed by atoms with E-state index in [1.807, 2.05) is 0 Å². The van der Waals surface area contributed by atoms with E-state index in [1.165, 1.54) is 18.5 Å². The number of carbonyl (C=O) groups is 1. The monoisotopic (exact) mass is 291 g/mol. The third-order valence-corrected chi connectivity index (χ3v) is 2.93. The van der Waals surface area contributed by atoms with Crippen molar-refractivity contribution < 1.29 is 18.0 Å². The number of rotatable bonds is 2. The minimum absolute atomic E-state index is 0.190. The number of halogens is 3. The number of nitrogens with zero attached hydrogens (tertiary/aromatic N) is 1. The second-order valence-corrected chi connectivity index (χ2v) is 4.33. The first-order chi connectivity index (χ1) is 10.0. The number of H-pyrrole nitrogens is 1. The van der Waals surface area contributed by atoms with E-state index in [2.05, 4.69) is 15.3 Å². The van der Waals surface area contributed by atoms with Gasteiger partial charge in [0, 0.05) is 17.7 Å². The third kappa shape index (κ3) is 2.45. The van der Waals surface area contributed by atoms with Crippen molar-refractivity contribution in [3.05, 3.63) is 59.7 Å². The first-order valence-corrected chi connectivity index (χ1v) is 5.93. The van der Waals surface area contributed by atoms with Crippen LogP contribution >= 0.6 is 0 Å². The van der Waals surface area contributed by atoms with Crippen molar-refractivity contribution in [1.29, 1.82) is 0 Å². The molecule has 106 valence electrons. The summed E-state index contributed by atoms with van der Waals surface area (Å²) in [6, 6.07) is 5.56. The highest BCUT2D eigenvalue weighted by molar-refractivity contribution is 6.06. The van der Waals surface area contributed by atoms with E-state index < -0.39 is 29.0 Å².